The third-order valence-electron chi connectivity index (χ3n) is 8.31. The smallest absolute Gasteiger partial charge is 0.237 e. The van der Waals surface area contributed by atoms with Crippen LogP contribution < -0.4 is 10.6 Å². The highest BCUT2D eigenvalue weighted by Gasteiger charge is 2.61. The first-order valence-electron chi connectivity index (χ1n) is 13.1. The molecule has 1 aliphatic heterocycles. The van der Waals surface area contributed by atoms with Crippen molar-refractivity contribution >= 4 is 29.1 Å². The Bertz CT molecular complexity index is 1220. The van der Waals surface area contributed by atoms with Crippen molar-refractivity contribution in [3.8, 4) is 6.07 Å². The van der Waals surface area contributed by atoms with E-state index in [1.807, 2.05) is 13.8 Å². The van der Waals surface area contributed by atoms with E-state index in [1.165, 1.54) is 30.3 Å². The van der Waals surface area contributed by atoms with Gasteiger partial charge in [0.05, 0.1) is 29.8 Å². The predicted octanol–water partition coefficient (Wildman–Crippen LogP) is 5.23. The molecule has 0 aliphatic carbocycles. The van der Waals surface area contributed by atoms with Gasteiger partial charge in [0, 0.05) is 29.1 Å². The van der Waals surface area contributed by atoms with Crippen LogP contribution in [0.2, 0.25) is 10.0 Å². The van der Waals surface area contributed by atoms with Gasteiger partial charge in [-0.2, -0.15) is 5.26 Å². The molecule has 1 fully saturated rings. The van der Waals surface area contributed by atoms with E-state index in [0.29, 0.717) is 6.42 Å². The Labute approximate surface area is 238 Å². The number of nitrogens with zero attached hydrogens (tertiary/aromatic N) is 1. The highest BCUT2D eigenvalue weighted by atomic mass is 35.5. The van der Waals surface area contributed by atoms with Gasteiger partial charge in [0.2, 0.25) is 5.91 Å². The van der Waals surface area contributed by atoms with Crippen LogP contribution in [0.4, 0.5) is 8.78 Å². The number of benzene rings is 2. The molecule has 0 aromatic heterocycles. The molecule has 0 spiro atoms. The van der Waals surface area contributed by atoms with E-state index in [9.17, 15) is 15.2 Å². The molecule has 6 nitrogen and oxygen atoms in total. The van der Waals surface area contributed by atoms with Gasteiger partial charge in [-0.05, 0) is 42.0 Å². The second-order valence-corrected chi connectivity index (χ2v) is 11.4. The molecule has 39 heavy (non-hydrogen) atoms. The fraction of sp³-hybridized carbons (Fsp3) is 0.517. The van der Waals surface area contributed by atoms with Gasteiger partial charge in [0.15, 0.2) is 0 Å². The van der Waals surface area contributed by atoms with Crippen LogP contribution >= 0.6 is 23.2 Å². The van der Waals surface area contributed by atoms with E-state index in [2.05, 4.69) is 23.6 Å². The lowest BCUT2D eigenvalue weighted by Gasteiger charge is -2.39. The Balaban J connectivity index is 2.26. The SMILES string of the molecule is CCC(C)(CC)C[C@@H]1N[C@@H](C(=O)NCC[C@H](O)CO)[C@H](c2cccc(Cl)c2F)[C@@]1(C#N)c1ccc(Cl)cc1F. The maximum Gasteiger partial charge on any atom is 0.237 e. The Hall–Kier alpha value is -2.28. The lowest BCUT2D eigenvalue weighted by atomic mass is 9.62. The number of nitrogens with one attached hydrogen (secondary N) is 2. The van der Waals surface area contributed by atoms with Crippen molar-refractivity contribution in [2.45, 2.75) is 76.0 Å². The average Bonchev–Trinajstić information content (AvgIpc) is 3.23. The van der Waals surface area contributed by atoms with Crippen molar-refractivity contribution in [3.05, 3.63) is 69.2 Å². The molecule has 1 saturated heterocycles. The Morgan fingerprint density at radius 1 is 1.26 bits per heavy atom. The molecule has 0 radical (unpaired) electrons. The molecule has 2 aromatic carbocycles. The number of halogens is 4. The van der Waals surface area contributed by atoms with E-state index in [-0.39, 0.29) is 39.6 Å². The third-order valence-corrected chi connectivity index (χ3v) is 8.83. The first-order chi connectivity index (χ1) is 18.5. The molecular formula is C29H35Cl2F2N3O3. The van der Waals surface area contributed by atoms with Crippen molar-refractivity contribution in [2.75, 3.05) is 13.2 Å². The van der Waals surface area contributed by atoms with Gasteiger partial charge < -0.3 is 20.8 Å². The second kappa shape index (κ2) is 12.9. The topological polar surface area (TPSA) is 105 Å². The normalized spacial score (nSPS) is 23.8. The summed E-state index contributed by atoms with van der Waals surface area (Å²) in [6.45, 7) is 5.69. The van der Waals surface area contributed by atoms with E-state index in [4.69, 9.17) is 28.3 Å². The zero-order valence-corrected chi connectivity index (χ0v) is 23.8. The van der Waals surface area contributed by atoms with Crippen LogP contribution in [-0.2, 0) is 10.2 Å². The zero-order chi connectivity index (χ0) is 29.0. The number of aliphatic hydroxyl groups excluding tert-OH is 2. The lowest BCUT2D eigenvalue weighted by molar-refractivity contribution is -0.123. The molecule has 10 heteroatoms. The zero-order valence-electron chi connectivity index (χ0n) is 22.3. The maximum atomic E-state index is 15.7. The molecule has 1 aliphatic rings. The molecule has 4 N–H and O–H groups in total. The summed E-state index contributed by atoms with van der Waals surface area (Å²) in [5.41, 5.74) is -1.95. The number of aliphatic hydroxyl groups is 2. The number of carbonyl (C=O) groups excluding carboxylic acids is 1. The Morgan fingerprint density at radius 2 is 1.95 bits per heavy atom. The molecule has 1 amide bonds. The van der Waals surface area contributed by atoms with Crippen LogP contribution in [0.5, 0.6) is 0 Å². The third kappa shape index (κ3) is 6.23. The van der Waals surface area contributed by atoms with E-state index in [0.717, 1.165) is 18.9 Å². The molecule has 1 heterocycles. The Morgan fingerprint density at radius 3 is 2.54 bits per heavy atom. The molecule has 3 rings (SSSR count). The van der Waals surface area contributed by atoms with Crippen LogP contribution in [-0.4, -0.2) is 47.5 Å². The summed E-state index contributed by atoms with van der Waals surface area (Å²) in [6.07, 6.45) is 0.998. The summed E-state index contributed by atoms with van der Waals surface area (Å²) in [7, 11) is 0. The highest BCUT2D eigenvalue weighted by Crippen LogP contribution is 2.53. The Kier molecular flexibility index (Phi) is 10.4. The van der Waals surface area contributed by atoms with Crippen LogP contribution in [0, 0.1) is 28.4 Å². The molecule has 212 valence electrons. The minimum Gasteiger partial charge on any atom is -0.394 e. The van der Waals surface area contributed by atoms with Crippen LogP contribution in [0.15, 0.2) is 36.4 Å². The minimum absolute atomic E-state index is 0.0110. The summed E-state index contributed by atoms with van der Waals surface area (Å²) in [4.78, 5) is 13.6. The van der Waals surface area contributed by atoms with Gasteiger partial charge in [0.25, 0.3) is 0 Å². The van der Waals surface area contributed by atoms with E-state index < -0.39 is 53.7 Å². The van der Waals surface area contributed by atoms with Gasteiger partial charge >= 0.3 is 0 Å². The quantitative estimate of drug-likeness (QED) is 0.290. The first-order valence-corrected chi connectivity index (χ1v) is 13.9. The number of amides is 1. The van der Waals surface area contributed by atoms with Crippen molar-refractivity contribution in [3.63, 3.8) is 0 Å². The van der Waals surface area contributed by atoms with Crippen LogP contribution in [0.3, 0.4) is 0 Å². The van der Waals surface area contributed by atoms with Crippen LogP contribution in [0.25, 0.3) is 0 Å². The molecular weight excluding hydrogens is 547 g/mol. The number of hydrogen-bond donors (Lipinski definition) is 4. The standard InChI is InChI=1S/C29H35Cl2F2N3O3/c1-4-28(3,5-2)14-23-29(16-34,20-10-9-17(30)13-22(20)32)24(19-7-6-8-21(31)25(19)33)26(36-23)27(39)35-12-11-18(38)15-37/h6-10,13,18,23-24,26,36-38H,4-5,11-12,14-15H2,1-3H3,(H,35,39)/t18-,23-,24-,26+,29-/m0/s1. The monoisotopic (exact) mass is 581 g/mol. The molecule has 5 atom stereocenters. The van der Waals surface area contributed by atoms with E-state index >= 15 is 8.78 Å². The average molecular weight is 583 g/mol. The predicted molar refractivity (Wildman–Crippen MR) is 148 cm³/mol. The first kappa shape index (κ1) is 31.3. The highest BCUT2D eigenvalue weighted by molar-refractivity contribution is 6.31. The van der Waals surface area contributed by atoms with Gasteiger partial charge in [-0.3, -0.25) is 4.79 Å². The number of rotatable bonds is 11. The summed E-state index contributed by atoms with van der Waals surface area (Å²) in [6, 6.07) is 8.83. The number of hydrogen-bond acceptors (Lipinski definition) is 5. The fourth-order valence-electron chi connectivity index (χ4n) is 5.54. The molecule has 0 bridgehead atoms. The van der Waals surface area contributed by atoms with Crippen molar-refractivity contribution < 1.29 is 23.8 Å². The van der Waals surface area contributed by atoms with Gasteiger partial charge in [-0.15, -0.1) is 0 Å². The number of nitriles is 1. The number of carbonyl (C=O) groups is 1. The van der Waals surface area contributed by atoms with E-state index in [1.54, 1.807) is 0 Å². The summed E-state index contributed by atoms with van der Waals surface area (Å²) >= 11 is 12.2. The lowest BCUT2D eigenvalue weighted by Crippen LogP contribution is -2.46. The van der Waals surface area contributed by atoms with Crippen molar-refractivity contribution in [1.29, 1.82) is 5.26 Å². The van der Waals surface area contributed by atoms with Crippen molar-refractivity contribution in [1.82, 2.24) is 10.6 Å². The fourth-order valence-corrected chi connectivity index (χ4v) is 5.88. The summed E-state index contributed by atoms with van der Waals surface area (Å²) in [5, 5.41) is 35.7. The summed E-state index contributed by atoms with van der Waals surface area (Å²) in [5.74, 6) is -3.23. The van der Waals surface area contributed by atoms with Gasteiger partial charge in [-0.1, -0.05) is 75.0 Å². The minimum atomic E-state index is -1.71. The largest absolute Gasteiger partial charge is 0.394 e. The van der Waals surface area contributed by atoms with Gasteiger partial charge in [0.1, 0.15) is 17.0 Å². The van der Waals surface area contributed by atoms with Gasteiger partial charge in [-0.25, -0.2) is 8.78 Å². The van der Waals surface area contributed by atoms with Crippen molar-refractivity contribution in [2.24, 2.45) is 5.41 Å². The van der Waals surface area contributed by atoms with Crippen LogP contribution in [0.1, 0.15) is 63.5 Å². The molecule has 2 aromatic rings. The molecule has 0 unspecified atom stereocenters. The molecule has 0 saturated carbocycles. The summed E-state index contributed by atoms with van der Waals surface area (Å²) < 4.78 is 31.4. The second-order valence-electron chi connectivity index (χ2n) is 10.6. The maximum absolute atomic E-state index is 15.7.